The van der Waals surface area contributed by atoms with Crippen LogP contribution in [0.2, 0.25) is 0 Å². The molecule has 1 aliphatic heterocycles. The summed E-state index contributed by atoms with van der Waals surface area (Å²) in [5.74, 6) is 0.598. The van der Waals surface area contributed by atoms with Crippen molar-refractivity contribution in [3.63, 3.8) is 0 Å². The third kappa shape index (κ3) is 4.29. The normalized spacial score (nSPS) is 14.0. The molecule has 2 aromatic rings. The number of benzene rings is 2. The molecule has 1 saturated heterocycles. The van der Waals surface area contributed by atoms with Crippen LogP contribution in [0, 0.1) is 0 Å². The first-order chi connectivity index (χ1) is 12.2. The first kappa shape index (κ1) is 16.8. The van der Waals surface area contributed by atoms with Crippen molar-refractivity contribution in [3.8, 4) is 5.75 Å². The Morgan fingerprint density at radius 3 is 2.52 bits per heavy atom. The van der Waals surface area contributed by atoms with Gasteiger partial charge in [-0.1, -0.05) is 0 Å². The van der Waals surface area contributed by atoms with Gasteiger partial charge in [-0.05, 0) is 55.5 Å². The van der Waals surface area contributed by atoms with Crippen LogP contribution >= 0.6 is 0 Å². The van der Waals surface area contributed by atoms with Gasteiger partial charge in [-0.3, -0.25) is 9.59 Å². The number of ether oxygens (including phenoxy) is 1. The molecule has 25 heavy (non-hydrogen) atoms. The van der Waals surface area contributed by atoms with E-state index in [4.69, 9.17) is 4.74 Å². The Labute approximate surface area is 146 Å². The number of hydrogen-bond donors (Lipinski definition) is 2. The van der Waals surface area contributed by atoms with Gasteiger partial charge in [0.2, 0.25) is 5.91 Å². The monoisotopic (exact) mass is 339 g/mol. The van der Waals surface area contributed by atoms with Gasteiger partial charge in [0, 0.05) is 30.0 Å². The highest BCUT2D eigenvalue weighted by Crippen LogP contribution is 2.19. The lowest BCUT2D eigenvalue weighted by atomic mass is 10.2. The van der Waals surface area contributed by atoms with Crippen molar-refractivity contribution in [2.45, 2.75) is 6.92 Å². The average Bonchev–Trinajstić information content (AvgIpc) is 2.63. The van der Waals surface area contributed by atoms with Crippen molar-refractivity contribution < 1.29 is 14.3 Å². The van der Waals surface area contributed by atoms with E-state index in [1.807, 2.05) is 36.1 Å². The lowest BCUT2D eigenvalue weighted by molar-refractivity contribution is -0.120. The average molecular weight is 339 g/mol. The number of carbonyl (C=O) groups excluding carboxylic acids is 2. The van der Waals surface area contributed by atoms with Gasteiger partial charge in [-0.25, -0.2) is 0 Å². The zero-order valence-corrected chi connectivity index (χ0v) is 14.1. The standard InChI is InChI=1S/C19H21N3O3/c1-2-25-17-9-3-14(4-10-17)19(24)21-15-5-7-16(8-6-15)22-12-11-20-18(23)13-22/h3-10H,2,11-13H2,1H3,(H,20,23)(H,21,24). The lowest BCUT2D eigenvalue weighted by Gasteiger charge is -2.28. The first-order valence-electron chi connectivity index (χ1n) is 8.31. The van der Waals surface area contributed by atoms with E-state index in [1.54, 1.807) is 24.3 Å². The van der Waals surface area contributed by atoms with E-state index in [9.17, 15) is 9.59 Å². The van der Waals surface area contributed by atoms with Crippen LogP contribution in [0.4, 0.5) is 11.4 Å². The Kier molecular flexibility index (Phi) is 5.18. The second-order valence-electron chi connectivity index (χ2n) is 5.73. The van der Waals surface area contributed by atoms with Crippen LogP contribution in [-0.2, 0) is 4.79 Å². The summed E-state index contributed by atoms with van der Waals surface area (Å²) in [6, 6.07) is 14.5. The molecular weight excluding hydrogens is 318 g/mol. The molecule has 3 rings (SSSR count). The third-order valence-corrected chi connectivity index (χ3v) is 3.96. The maximum atomic E-state index is 12.3. The molecule has 6 heteroatoms. The molecule has 0 bridgehead atoms. The van der Waals surface area contributed by atoms with E-state index in [0.29, 0.717) is 30.9 Å². The molecular formula is C19H21N3O3. The smallest absolute Gasteiger partial charge is 0.255 e. The predicted molar refractivity (Wildman–Crippen MR) is 97.2 cm³/mol. The van der Waals surface area contributed by atoms with Crippen LogP contribution in [0.25, 0.3) is 0 Å². The molecule has 130 valence electrons. The molecule has 1 heterocycles. The molecule has 0 saturated carbocycles. The minimum absolute atomic E-state index is 0.0270. The van der Waals surface area contributed by atoms with Gasteiger partial charge < -0.3 is 20.3 Å². The number of piperazine rings is 1. The topological polar surface area (TPSA) is 70.7 Å². The fraction of sp³-hybridized carbons (Fsp3) is 0.263. The van der Waals surface area contributed by atoms with Gasteiger partial charge in [-0.15, -0.1) is 0 Å². The van der Waals surface area contributed by atoms with Crippen LogP contribution in [0.5, 0.6) is 5.75 Å². The van der Waals surface area contributed by atoms with Crippen LogP contribution in [0.15, 0.2) is 48.5 Å². The summed E-state index contributed by atoms with van der Waals surface area (Å²) in [5.41, 5.74) is 2.25. The quantitative estimate of drug-likeness (QED) is 0.877. The maximum Gasteiger partial charge on any atom is 0.255 e. The van der Waals surface area contributed by atoms with Gasteiger partial charge in [-0.2, -0.15) is 0 Å². The Balaban J connectivity index is 1.62. The fourth-order valence-electron chi connectivity index (χ4n) is 2.69. The molecule has 1 fully saturated rings. The van der Waals surface area contributed by atoms with Crippen molar-refractivity contribution in [1.82, 2.24) is 5.32 Å². The summed E-state index contributed by atoms with van der Waals surface area (Å²) in [7, 11) is 0. The summed E-state index contributed by atoms with van der Waals surface area (Å²) < 4.78 is 5.37. The summed E-state index contributed by atoms with van der Waals surface area (Å²) >= 11 is 0. The van der Waals surface area contributed by atoms with E-state index >= 15 is 0 Å². The van der Waals surface area contributed by atoms with Gasteiger partial charge in [0.1, 0.15) is 5.75 Å². The predicted octanol–water partition coefficient (Wildman–Crippen LogP) is 2.27. The second kappa shape index (κ2) is 7.70. The van der Waals surface area contributed by atoms with Crippen molar-refractivity contribution in [2.75, 3.05) is 36.5 Å². The summed E-state index contributed by atoms with van der Waals surface area (Å²) in [4.78, 5) is 25.8. The lowest BCUT2D eigenvalue weighted by Crippen LogP contribution is -2.47. The summed E-state index contributed by atoms with van der Waals surface area (Å²) in [5, 5.41) is 5.67. The van der Waals surface area contributed by atoms with Crippen molar-refractivity contribution in [1.29, 1.82) is 0 Å². The van der Waals surface area contributed by atoms with Crippen LogP contribution in [-0.4, -0.2) is 38.1 Å². The number of carbonyl (C=O) groups is 2. The van der Waals surface area contributed by atoms with Gasteiger partial charge >= 0.3 is 0 Å². The Morgan fingerprint density at radius 2 is 1.88 bits per heavy atom. The highest BCUT2D eigenvalue weighted by atomic mass is 16.5. The second-order valence-corrected chi connectivity index (χ2v) is 5.73. The van der Waals surface area contributed by atoms with Gasteiger partial charge in [0.25, 0.3) is 5.91 Å². The molecule has 0 radical (unpaired) electrons. The van der Waals surface area contributed by atoms with Crippen molar-refractivity contribution in [2.24, 2.45) is 0 Å². The highest BCUT2D eigenvalue weighted by Gasteiger charge is 2.16. The van der Waals surface area contributed by atoms with Crippen molar-refractivity contribution in [3.05, 3.63) is 54.1 Å². The van der Waals surface area contributed by atoms with E-state index in [2.05, 4.69) is 10.6 Å². The number of nitrogens with zero attached hydrogens (tertiary/aromatic N) is 1. The summed E-state index contributed by atoms with van der Waals surface area (Å²) in [6.07, 6.45) is 0. The number of anilines is 2. The minimum atomic E-state index is -0.173. The van der Waals surface area contributed by atoms with Crippen LogP contribution in [0.3, 0.4) is 0 Å². The molecule has 0 aliphatic carbocycles. The Morgan fingerprint density at radius 1 is 1.16 bits per heavy atom. The molecule has 0 spiro atoms. The molecule has 2 aromatic carbocycles. The molecule has 1 aliphatic rings. The van der Waals surface area contributed by atoms with E-state index < -0.39 is 0 Å². The third-order valence-electron chi connectivity index (χ3n) is 3.96. The molecule has 6 nitrogen and oxygen atoms in total. The molecule has 2 N–H and O–H groups in total. The SMILES string of the molecule is CCOc1ccc(C(=O)Nc2ccc(N3CCNC(=O)C3)cc2)cc1. The Bertz CT molecular complexity index is 742. The van der Waals surface area contributed by atoms with E-state index in [-0.39, 0.29) is 11.8 Å². The van der Waals surface area contributed by atoms with Crippen LogP contribution in [0.1, 0.15) is 17.3 Å². The molecule has 0 unspecified atom stereocenters. The van der Waals surface area contributed by atoms with E-state index in [1.165, 1.54) is 0 Å². The summed E-state index contributed by atoms with van der Waals surface area (Å²) in [6.45, 7) is 4.30. The molecule has 0 aromatic heterocycles. The fourth-order valence-corrected chi connectivity index (χ4v) is 2.69. The van der Waals surface area contributed by atoms with Crippen LogP contribution < -0.4 is 20.3 Å². The Hall–Kier alpha value is -3.02. The zero-order chi connectivity index (χ0) is 17.6. The highest BCUT2D eigenvalue weighted by molar-refractivity contribution is 6.04. The number of hydrogen-bond acceptors (Lipinski definition) is 4. The number of amides is 2. The van der Waals surface area contributed by atoms with E-state index in [0.717, 1.165) is 18.0 Å². The maximum absolute atomic E-state index is 12.3. The first-order valence-corrected chi connectivity index (χ1v) is 8.31. The number of nitrogens with one attached hydrogen (secondary N) is 2. The van der Waals surface area contributed by atoms with Gasteiger partial charge in [0.15, 0.2) is 0 Å². The van der Waals surface area contributed by atoms with Crippen molar-refractivity contribution >= 4 is 23.2 Å². The number of rotatable bonds is 5. The largest absolute Gasteiger partial charge is 0.494 e. The molecule has 0 atom stereocenters. The molecule has 2 amide bonds. The van der Waals surface area contributed by atoms with Gasteiger partial charge in [0.05, 0.1) is 13.2 Å². The minimum Gasteiger partial charge on any atom is -0.494 e. The zero-order valence-electron chi connectivity index (χ0n) is 14.1.